The molecule has 1 amide bonds. The minimum Gasteiger partial charge on any atom is -0.383 e. The molecule has 174 valence electrons. The van der Waals surface area contributed by atoms with Crippen molar-refractivity contribution in [3.8, 4) is 0 Å². The number of aryl methyl sites for hydroxylation is 4. The van der Waals surface area contributed by atoms with Crippen molar-refractivity contribution in [3.63, 3.8) is 0 Å². The van der Waals surface area contributed by atoms with Gasteiger partial charge in [0.25, 0.3) is 0 Å². The van der Waals surface area contributed by atoms with Crippen LogP contribution in [-0.4, -0.2) is 55.9 Å². The summed E-state index contributed by atoms with van der Waals surface area (Å²) in [5.74, 6) is -0.400. The molecule has 0 aliphatic carbocycles. The lowest BCUT2D eigenvalue weighted by Crippen LogP contribution is -2.44. The number of rotatable bonds is 6. The van der Waals surface area contributed by atoms with Gasteiger partial charge in [-0.15, -0.1) is 0 Å². The molecule has 3 rings (SSSR count). The first-order chi connectivity index (χ1) is 15.0. The van der Waals surface area contributed by atoms with E-state index >= 15 is 0 Å². The highest BCUT2D eigenvalue weighted by Crippen LogP contribution is 2.30. The molecule has 1 aromatic heterocycles. The van der Waals surface area contributed by atoms with Crippen LogP contribution in [0.2, 0.25) is 0 Å². The minimum atomic E-state index is -3.86. The first-order valence-corrected chi connectivity index (χ1v) is 12.1. The van der Waals surface area contributed by atoms with E-state index in [1.807, 2.05) is 47.0 Å². The van der Waals surface area contributed by atoms with Gasteiger partial charge >= 0.3 is 0 Å². The fourth-order valence-corrected chi connectivity index (χ4v) is 5.90. The van der Waals surface area contributed by atoms with Gasteiger partial charge in [0, 0.05) is 45.1 Å². The standard InChI is InChI=1S/C23H32N4O4S/c1-15-12-16(2)21(17(3)13-15)24-23(28)19-8-7-10-27(14-19)32(29,30)22-18(4)25-31-20(22)9-11-26(5)6/h9,11-13,19H,7-8,10,14H2,1-6H3,(H,24,28)/b11-9+/t19-/m1/s1. The zero-order chi connectivity index (χ0) is 23.6. The highest BCUT2D eigenvalue weighted by Gasteiger charge is 2.37. The maximum absolute atomic E-state index is 13.5. The Morgan fingerprint density at radius 2 is 1.88 bits per heavy atom. The third-order valence-electron chi connectivity index (χ3n) is 5.64. The van der Waals surface area contributed by atoms with Gasteiger partial charge in [0.2, 0.25) is 15.9 Å². The highest BCUT2D eigenvalue weighted by molar-refractivity contribution is 7.89. The van der Waals surface area contributed by atoms with Crippen LogP contribution in [0.25, 0.3) is 6.08 Å². The number of aromatic nitrogens is 1. The molecule has 2 heterocycles. The van der Waals surface area contributed by atoms with Crippen molar-refractivity contribution >= 4 is 27.7 Å². The number of amides is 1. The molecule has 32 heavy (non-hydrogen) atoms. The van der Waals surface area contributed by atoms with Crippen LogP contribution in [-0.2, 0) is 14.8 Å². The Morgan fingerprint density at radius 1 is 1.22 bits per heavy atom. The Balaban J connectivity index is 1.82. The second-order valence-corrected chi connectivity index (χ2v) is 10.6. The number of nitrogens with one attached hydrogen (secondary N) is 1. The Kier molecular flexibility index (Phi) is 7.09. The summed E-state index contributed by atoms with van der Waals surface area (Å²) < 4.78 is 33.5. The molecule has 0 unspecified atom stereocenters. The summed E-state index contributed by atoms with van der Waals surface area (Å²) in [7, 11) is -0.197. The van der Waals surface area contributed by atoms with E-state index in [0.29, 0.717) is 25.1 Å². The number of sulfonamides is 1. The molecule has 1 aliphatic heterocycles. The average Bonchev–Trinajstić information content (AvgIpc) is 3.10. The van der Waals surface area contributed by atoms with Gasteiger partial charge in [-0.05, 0) is 51.7 Å². The van der Waals surface area contributed by atoms with Gasteiger partial charge in [-0.25, -0.2) is 8.42 Å². The molecule has 8 nitrogen and oxygen atoms in total. The second-order valence-electron chi connectivity index (χ2n) is 8.71. The molecule has 0 radical (unpaired) electrons. The van der Waals surface area contributed by atoms with Crippen molar-refractivity contribution in [2.45, 2.75) is 45.4 Å². The lowest BCUT2D eigenvalue weighted by atomic mass is 9.98. The third kappa shape index (κ3) is 5.05. The lowest BCUT2D eigenvalue weighted by Gasteiger charge is -2.31. The summed E-state index contributed by atoms with van der Waals surface area (Å²) in [5, 5.41) is 6.89. The van der Waals surface area contributed by atoms with Gasteiger partial charge in [-0.3, -0.25) is 4.79 Å². The predicted molar refractivity (Wildman–Crippen MR) is 125 cm³/mol. The fraction of sp³-hybridized carbons (Fsp3) is 0.478. The lowest BCUT2D eigenvalue weighted by molar-refractivity contribution is -0.120. The molecular weight excluding hydrogens is 428 g/mol. The van der Waals surface area contributed by atoms with E-state index in [1.54, 1.807) is 24.1 Å². The van der Waals surface area contributed by atoms with Crippen LogP contribution in [0.3, 0.4) is 0 Å². The maximum Gasteiger partial charge on any atom is 0.248 e. The summed E-state index contributed by atoms with van der Waals surface area (Å²) >= 11 is 0. The van der Waals surface area contributed by atoms with E-state index in [4.69, 9.17) is 4.52 Å². The van der Waals surface area contributed by atoms with Crippen LogP contribution in [0, 0.1) is 33.6 Å². The Labute approximate surface area is 190 Å². The van der Waals surface area contributed by atoms with Crippen molar-refractivity contribution in [2.24, 2.45) is 5.92 Å². The van der Waals surface area contributed by atoms with Gasteiger partial charge in [0.05, 0.1) is 5.92 Å². The fourth-order valence-electron chi connectivity index (χ4n) is 4.12. The molecule has 0 bridgehead atoms. The smallest absolute Gasteiger partial charge is 0.248 e. The van der Waals surface area contributed by atoms with Crippen molar-refractivity contribution in [1.82, 2.24) is 14.4 Å². The number of anilines is 1. The van der Waals surface area contributed by atoms with Crippen molar-refractivity contribution < 1.29 is 17.7 Å². The first kappa shape index (κ1) is 24.0. The van der Waals surface area contributed by atoms with Gasteiger partial charge < -0.3 is 14.7 Å². The molecule has 1 saturated heterocycles. The largest absolute Gasteiger partial charge is 0.383 e. The van der Waals surface area contributed by atoms with Gasteiger partial charge in [0.15, 0.2) is 10.7 Å². The van der Waals surface area contributed by atoms with Gasteiger partial charge in [-0.1, -0.05) is 22.9 Å². The van der Waals surface area contributed by atoms with E-state index in [2.05, 4.69) is 10.5 Å². The summed E-state index contributed by atoms with van der Waals surface area (Å²) in [5.41, 5.74) is 4.23. The van der Waals surface area contributed by atoms with Crippen LogP contribution in [0.15, 0.2) is 27.8 Å². The molecule has 0 saturated carbocycles. The zero-order valence-electron chi connectivity index (χ0n) is 19.6. The SMILES string of the molecule is Cc1cc(C)c(NC(=O)[C@@H]2CCCN(S(=O)(=O)c3c(C)noc3/C=C/N(C)C)C2)c(C)c1. The first-order valence-electron chi connectivity index (χ1n) is 10.7. The third-order valence-corrected chi connectivity index (χ3v) is 7.66. The van der Waals surface area contributed by atoms with E-state index in [-0.39, 0.29) is 23.1 Å². The van der Waals surface area contributed by atoms with E-state index < -0.39 is 15.9 Å². The molecule has 1 aliphatic rings. The number of piperidine rings is 1. The highest BCUT2D eigenvalue weighted by atomic mass is 32.2. The quantitative estimate of drug-likeness (QED) is 0.709. The summed E-state index contributed by atoms with van der Waals surface area (Å²) in [6.45, 7) is 8.04. The molecule has 1 N–H and O–H groups in total. The summed E-state index contributed by atoms with van der Waals surface area (Å²) in [6.07, 6.45) is 4.54. The second kappa shape index (κ2) is 9.46. The van der Waals surface area contributed by atoms with Crippen LogP contribution >= 0.6 is 0 Å². The molecule has 1 fully saturated rings. The minimum absolute atomic E-state index is 0.0573. The monoisotopic (exact) mass is 460 g/mol. The number of carbonyl (C=O) groups excluding carboxylic acids is 1. The molecule has 0 spiro atoms. The maximum atomic E-state index is 13.5. The summed E-state index contributed by atoms with van der Waals surface area (Å²) in [6, 6.07) is 4.05. The van der Waals surface area contributed by atoms with Crippen molar-refractivity contribution in [1.29, 1.82) is 0 Å². The normalized spacial score (nSPS) is 17.6. The van der Waals surface area contributed by atoms with Crippen LogP contribution in [0.4, 0.5) is 5.69 Å². The Bertz CT molecular complexity index is 1110. The molecule has 9 heteroatoms. The number of benzene rings is 1. The predicted octanol–water partition coefficient (Wildman–Crippen LogP) is 3.48. The van der Waals surface area contributed by atoms with Crippen LogP contribution < -0.4 is 5.32 Å². The Morgan fingerprint density at radius 3 is 2.50 bits per heavy atom. The van der Waals surface area contributed by atoms with Crippen molar-refractivity contribution in [2.75, 3.05) is 32.5 Å². The van der Waals surface area contributed by atoms with Crippen molar-refractivity contribution in [3.05, 3.63) is 46.5 Å². The van der Waals surface area contributed by atoms with Crippen LogP contribution in [0.5, 0.6) is 0 Å². The van der Waals surface area contributed by atoms with E-state index in [0.717, 1.165) is 22.4 Å². The number of carbonyl (C=O) groups is 1. The molecule has 1 aromatic carbocycles. The van der Waals surface area contributed by atoms with Gasteiger partial charge in [-0.2, -0.15) is 4.31 Å². The average molecular weight is 461 g/mol. The number of hydrogen-bond acceptors (Lipinski definition) is 6. The van der Waals surface area contributed by atoms with E-state index in [1.165, 1.54) is 4.31 Å². The number of nitrogens with zero attached hydrogens (tertiary/aromatic N) is 3. The molecule has 1 atom stereocenters. The molecule has 2 aromatic rings. The van der Waals surface area contributed by atoms with Crippen LogP contribution in [0.1, 0.15) is 41.0 Å². The zero-order valence-corrected chi connectivity index (χ0v) is 20.4. The Hall–Kier alpha value is -2.65. The summed E-state index contributed by atoms with van der Waals surface area (Å²) in [4.78, 5) is 14.9. The number of hydrogen-bond donors (Lipinski definition) is 1. The van der Waals surface area contributed by atoms with E-state index in [9.17, 15) is 13.2 Å². The molecular formula is C23H32N4O4S. The topological polar surface area (TPSA) is 95.8 Å². The van der Waals surface area contributed by atoms with Gasteiger partial charge in [0.1, 0.15) is 5.69 Å².